The number of aliphatic hydroxyl groups is 1. The van der Waals surface area contributed by atoms with Crippen molar-refractivity contribution in [1.82, 2.24) is 0 Å². The van der Waals surface area contributed by atoms with Gasteiger partial charge in [-0.05, 0) is 18.6 Å². The zero-order valence-electron chi connectivity index (χ0n) is 13.7. The summed E-state index contributed by atoms with van der Waals surface area (Å²) in [5.74, 6) is -3.63. The quantitative estimate of drug-likeness (QED) is 0.598. The number of ketones is 3. The van der Waals surface area contributed by atoms with E-state index in [0.717, 1.165) is 0 Å². The van der Waals surface area contributed by atoms with E-state index >= 15 is 0 Å². The summed E-state index contributed by atoms with van der Waals surface area (Å²) in [7, 11) is 0. The average Bonchev–Trinajstić information content (AvgIpc) is 3.32. The lowest BCUT2D eigenvalue weighted by Crippen LogP contribution is -2.52. The highest BCUT2D eigenvalue weighted by Crippen LogP contribution is 2.76. The maximum Gasteiger partial charge on any atom is 0.206 e. The molecule has 1 aliphatic heterocycles. The summed E-state index contributed by atoms with van der Waals surface area (Å²) in [5, 5.41) is 32.0. The Kier molecular flexibility index (Phi) is 2.21. The first-order chi connectivity index (χ1) is 12.8. The molecular formula is C20H12O7. The van der Waals surface area contributed by atoms with Crippen molar-refractivity contribution in [1.29, 1.82) is 0 Å². The number of rotatable bonds is 0. The van der Waals surface area contributed by atoms with E-state index in [1.54, 1.807) is 0 Å². The molecule has 7 heteroatoms. The van der Waals surface area contributed by atoms with E-state index in [1.165, 1.54) is 36.4 Å². The summed E-state index contributed by atoms with van der Waals surface area (Å²) in [6.07, 6.45) is -0.158. The van der Waals surface area contributed by atoms with Crippen molar-refractivity contribution >= 4 is 17.3 Å². The first-order valence-corrected chi connectivity index (χ1v) is 8.52. The third-order valence-electron chi connectivity index (χ3n) is 6.59. The third-order valence-corrected chi connectivity index (χ3v) is 6.59. The summed E-state index contributed by atoms with van der Waals surface area (Å²) in [5.41, 5.74) is -5.96. The van der Waals surface area contributed by atoms with Crippen LogP contribution in [0.4, 0.5) is 0 Å². The van der Waals surface area contributed by atoms with Crippen LogP contribution in [0.2, 0.25) is 0 Å². The maximum absolute atomic E-state index is 13.4. The summed E-state index contributed by atoms with van der Waals surface area (Å²) in [6, 6.07) is 8.35. The number of epoxide rings is 1. The minimum absolute atomic E-state index is 0.0228. The predicted octanol–water partition coefficient (Wildman–Crippen LogP) is 1.09. The number of aromatic hydroxyl groups is 2. The van der Waals surface area contributed by atoms with Crippen molar-refractivity contribution in [2.45, 2.75) is 23.2 Å². The van der Waals surface area contributed by atoms with Gasteiger partial charge in [-0.2, -0.15) is 0 Å². The van der Waals surface area contributed by atoms with Crippen LogP contribution in [0.3, 0.4) is 0 Å². The Morgan fingerprint density at radius 3 is 2.33 bits per heavy atom. The second kappa shape index (κ2) is 3.95. The highest BCUT2D eigenvalue weighted by atomic mass is 16.7. The molecule has 6 rings (SSSR count). The van der Waals surface area contributed by atoms with Gasteiger partial charge in [0.2, 0.25) is 11.4 Å². The van der Waals surface area contributed by atoms with Gasteiger partial charge in [0.25, 0.3) is 0 Å². The van der Waals surface area contributed by atoms with Gasteiger partial charge in [-0.15, -0.1) is 0 Å². The number of carbonyl (C=O) groups is 3. The van der Waals surface area contributed by atoms with Crippen LogP contribution in [0.1, 0.15) is 43.1 Å². The monoisotopic (exact) mass is 364 g/mol. The molecule has 4 unspecified atom stereocenters. The second-order valence-corrected chi connectivity index (χ2v) is 7.56. The fraction of sp³-hybridized carbons (Fsp3) is 0.250. The molecule has 1 saturated heterocycles. The van der Waals surface area contributed by atoms with E-state index in [2.05, 4.69) is 0 Å². The van der Waals surface area contributed by atoms with Gasteiger partial charge < -0.3 is 20.1 Å². The minimum atomic E-state index is -1.97. The lowest BCUT2D eigenvalue weighted by atomic mass is 9.69. The Bertz CT molecular complexity index is 1150. The van der Waals surface area contributed by atoms with Gasteiger partial charge >= 0.3 is 0 Å². The maximum atomic E-state index is 13.4. The van der Waals surface area contributed by atoms with Crippen molar-refractivity contribution in [3.8, 4) is 11.5 Å². The van der Waals surface area contributed by atoms with E-state index < -0.39 is 40.1 Å². The number of ether oxygens (including phenoxy) is 1. The largest absolute Gasteiger partial charge is 0.507 e. The molecular weight excluding hydrogens is 352 g/mol. The minimum Gasteiger partial charge on any atom is -0.507 e. The number of Topliss-reactive ketones (excluding diaryl/α,β-unsaturated/α-hetero) is 3. The lowest BCUT2D eigenvalue weighted by molar-refractivity contribution is -0.0490. The molecule has 1 saturated carbocycles. The third kappa shape index (κ3) is 1.19. The molecule has 2 aromatic rings. The zero-order valence-corrected chi connectivity index (χ0v) is 13.7. The Hall–Kier alpha value is -3.03. The number of fused-ring (bicyclic) bond motifs is 5. The summed E-state index contributed by atoms with van der Waals surface area (Å²) >= 11 is 0. The van der Waals surface area contributed by atoms with E-state index in [0.29, 0.717) is 0 Å². The van der Waals surface area contributed by atoms with Gasteiger partial charge in [0.1, 0.15) is 17.1 Å². The molecule has 0 amide bonds. The molecule has 3 N–H and O–H groups in total. The molecule has 2 aromatic carbocycles. The Balaban J connectivity index is 1.73. The molecule has 3 aliphatic carbocycles. The van der Waals surface area contributed by atoms with Crippen molar-refractivity contribution in [3.63, 3.8) is 0 Å². The Labute approximate surface area is 151 Å². The number of phenols is 2. The normalized spacial score (nSPS) is 37.4. The highest BCUT2D eigenvalue weighted by molar-refractivity contribution is 6.30. The SMILES string of the molecule is O=C1c2c(O)cccc2C2(O)CC1C13OC21C(=O)c1c(O)cccc1C3=O. The van der Waals surface area contributed by atoms with Crippen LogP contribution in [0.25, 0.3) is 0 Å². The molecule has 2 bridgehead atoms. The molecule has 2 fully saturated rings. The van der Waals surface area contributed by atoms with Crippen molar-refractivity contribution in [3.05, 3.63) is 58.7 Å². The number of hydrogen-bond donors (Lipinski definition) is 3. The number of phenolic OH excluding ortho intramolecular Hbond substituents is 2. The van der Waals surface area contributed by atoms with Gasteiger partial charge in [0.15, 0.2) is 17.2 Å². The molecule has 0 spiro atoms. The number of hydrogen-bond acceptors (Lipinski definition) is 7. The zero-order chi connectivity index (χ0) is 18.9. The van der Waals surface area contributed by atoms with E-state index in [4.69, 9.17) is 4.74 Å². The van der Waals surface area contributed by atoms with E-state index in [-0.39, 0.29) is 40.2 Å². The fourth-order valence-corrected chi connectivity index (χ4v) is 5.51. The van der Waals surface area contributed by atoms with E-state index in [9.17, 15) is 29.7 Å². The molecule has 0 aromatic heterocycles. The predicted molar refractivity (Wildman–Crippen MR) is 87.8 cm³/mol. The topological polar surface area (TPSA) is 124 Å². The number of carbonyl (C=O) groups excluding carboxylic acids is 3. The Morgan fingerprint density at radius 1 is 0.926 bits per heavy atom. The lowest BCUT2D eigenvalue weighted by Gasteiger charge is -2.35. The van der Waals surface area contributed by atoms with Crippen molar-refractivity contribution in [2.24, 2.45) is 5.92 Å². The smallest absolute Gasteiger partial charge is 0.206 e. The van der Waals surface area contributed by atoms with Crippen molar-refractivity contribution < 1.29 is 34.4 Å². The standard InChI is InChI=1S/C20H12O7/c21-11-5-1-3-8-13(11)17(25)20-18(26)7-10(19(20,27-20)16(8)24)15(23)14-9(18)4-2-6-12(14)22/h1-6,10,21-22,26H,7H2. The molecule has 27 heavy (non-hydrogen) atoms. The second-order valence-electron chi connectivity index (χ2n) is 7.56. The van der Waals surface area contributed by atoms with Crippen LogP contribution in [0.15, 0.2) is 36.4 Å². The van der Waals surface area contributed by atoms with Crippen LogP contribution in [0, 0.1) is 5.92 Å². The van der Waals surface area contributed by atoms with Crippen LogP contribution in [-0.4, -0.2) is 43.9 Å². The van der Waals surface area contributed by atoms with Gasteiger partial charge in [0, 0.05) is 11.1 Å². The van der Waals surface area contributed by atoms with Gasteiger partial charge in [-0.25, -0.2) is 0 Å². The Morgan fingerprint density at radius 2 is 1.59 bits per heavy atom. The summed E-state index contributed by atoms with van der Waals surface area (Å²) < 4.78 is 5.73. The molecule has 7 nitrogen and oxygen atoms in total. The average molecular weight is 364 g/mol. The van der Waals surface area contributed by atoms with E-state index in [1.807, 2.05) is 0 Å². The molecule has 134 valence electrons. The summed E-state index contributed by atoms with van der Waals surface area (Å²) in [6.45, 7) is 0. The summed E-state index contributed by atoms with van der Waals surface area (Å²) in [4.78, 5) is 39.8. The first-order valence-electron chi connectivity index (χ1n) is 8.52. The van der Waals surface area contributed by atoms with Gasteiger partial charge in [-0.1, -0.05) is 24.3 Å². The number of benzene rings is 2. The van der Waals surface area contributed by atoms with Crippen LogP contribution >= 0.6 is 0 Å². The van der Waals surface area contributed by atoms with Crippen LogP contribution in [-0.2, 0) is 10.3 Å². The van der Waals surface area contributed by atoms with Crippen LogP contribution < -0.4 is 0 Å². The molecule has 0 radical (unpaired) electrons. The first kappa shape index (κ1) is 15.1. The van der Waals surface area contributed by atoms with Crippen LogP contribution in [0.5, 0.6) is 11.5 Å². The van der Waals surface area contributed by atoms with Gasteiger partial charge in [-0.3, -0.25) is 14.4 Å². The van der Waals surface area contributed by atoms with Gasteiger partial charge in [0.05, 0.1) is 17.0 Å². The van der Waals surface area contributed by atoms with Crippen molar-refractivity contribution in [2.75, 3.05) is 0 Å². The fourth-order valence-electron chi connectivity index (χ4n) is 5.51. The molecule has 1 heterocycles. The molecule has 4 aliphatic rings. The highest BCUT2D eigenvalue weighted by Gasteiger charge is 2.96. The molecule has 4 atom stereocenters.